The number of aromatic nitrogens is 4. The van der Waals surface area contributed by atoms with Gasteiger partial charge >= 0.3 is 12.1 Å². The molecule has 0 amide bonds. The Labute approximate surface area is 192 Å². The third-order valence-electron chi connectivity index (χ3n) is 4.46. The molecule has 0 saturated carbocycles. The number of fused-ring (bicyclic) bond motifs is 1. The number of nitrogens with zero attached hydrogens (tertiary/aromatic N) is 4. The lowest BCUT2D eigenvalue weighted by molar-refractivity contribution is -0.138. The number of hydrogen-bond acceptors (Lipinski definition) is 5. The van der Waals surface area contributed by atoms with E-state index in [1.807, 2.05) is 0 Å². The molecule has 0 aliphatic rings. The molecule has 0 spiro atoms. The van der Waals surface area contributed by atoms with Crippen molar-refractivity contribution in [1.29, 1.82) is 0 Å². The minimum Gasteiger partial charge on any atom is -0.481 e. The summed E-state index contributed by atoms with van der Waals surface area (Å²) in [5.74, 6) is -0.981. The standard InChI is InChI=1S/C19H10Cl3F3N4O3/c20-11-5-10(12(21)3-8(11)1-2-15(30)31)16-27-18(32-28-16)14-7-29-6-9(19(23,24)25)4-13(22)17(29)26-14/h3-7H,1-2H2,(H,30,31). The minimum atomic E-state index is -4.58. The van der Waals surface area contributed by atoms with Gasteiger partial charge in [-0.1, -0.05) is 40.0 Å². The van der Waals surface area contributed by atoms with E-state index < -0.39 is 17.7 Å². The Balaban J connectivity index is 1.68. The number of carbonyl (C=O) groups is 1. The van der Waals surface area contributed by atoms with Gasteiger partial charge in [-0.05, 0) is 30.2 Å². The quantitative estimate of drug-likeness (QED) is 0.355. The Morgan fingerprint density at radius 3 is 2.50 bits per heavy atom. The molecule has 3 heterocycles. The zero-order valence-corrected chi connectivity index (χ0v) is 17.9. The fourth-order valence-electron chi connectivity index (χ4n) is 2.94. The van der Waals surface area contributed by atoms with Crippen LogP contribution in [0.4, 0.5) is 13.2 Å². The van der Waals surface area contributed by atoms with E-state index in [2.05, 4.69) is 15.1 Å². The van der Waals surface area contributed by atoms with Crippen LogP contribution < -0.4 is 0 Å². The second-order valence-electron chi connectivity index (χ2n) is 6.67. The highest BCUT2D eigenvalue weighted by Crippen LogP contribution is 2.35. The highest BCUT2D eigenvalue weighted by molar-refractivity contribution is 6.35. The van der Waals surface area contributed by atoms with Crippen LogP contribution in [0.1, 0.15) is 17.5 Å². The molecular weight excluding hydrogens is 496 g/mol. The van der Waals surface area contributed by atoms with Gasteiger partial charge in [0.2, 0.25) is 5.82 Å². The van der Waals surface area contributed by atoms with Crippen LogP contribution in [0.3, 0.4) is 0 Å². The first kappa shape index (κ1) is 22.4. The first-order valence-electron chi connectivity index (χ1n) is 8.82. The Morgan fingerprint density at radius 2 is 1.81 bits per heavy atom. The molecule has 7 nitrogen and oxygen atoms in total. The fourth-order valence-corrected chi connectivity index (χ4v) is 3.73. The van der Waals surface area contributed by atoms with Gasteiger partial charge in [-0.15, -0.1) is 0 Å². The number of carboxylic acid groups (broad SMARTS) is 1. The number of benzene rings is 1. The highest BCUT2D eigenvalue weighted by atomic mass is 35.5. The maximum absolute atomic E-state index is 13.0. The third-order valence-corrected chi connectivity index (χ3v) is 5.41. The molecule has 1 N–H and O–H groups in total. The van der Waals surface area contributed by atoms with Gasteiger partial charge in [0, 0.05) is 29.4 Å². The van der Waals surface area contributed by atoms with Crippen molar-refractivity contribution in [2.45, 2.75) is 19.0 Å². The smallest absolute Gasteiger partial charge is 0.417 e. The van der Waals surface area contributed by atoms with Crippen LogP contribution >= 0.6 is 34.8 Å². The molecule has 4 aromatic rings. The lowest BCUT2D eigenvalue weighted by atomic mass is 10.1. The molecule has 0 aliphatic carbocycles. The Morgan fingerprint density at radius 1 is 1.06 bits per heavy atom. The molecule has 0 atom stereocenters. The number of carboxylic acids is 1. The number of rotatable bonds is 5. The molecule has 0 saturated heterocycles. The summed E-state index contributed by atoms with van der Waals surface area (Å²) in [6.45, 7) is 0. The molecule has 1 aromatic carbocycles. The van der Waals surface area contributed by atoms with Crippen LogP contribution in [-0.2, 0) is 17.4 Å². The number of alkyl halides is 3. The van der Waals surface area contributed by atoms with Gasteiger partial charge in [0.15, 0.2) is 5.65 Å². The second-order valence-corrected chi connectivity index (χ2v) is 7.89. The van der Waals surface area contributed by atoms with Gasteiger partial charge in [-0.2, -0.15) is 18.2 Å². The molecule has 166 valence electrons. The monoisotopic (exact) mass is 504 g/mol. The van der Waals surface area contributed by atoms with E-state index >= 15 is 0 Å². The van der Waals surface area contributed by atoms with Gasteiger partial charge < -0.3 is 14.0 Å². The van der Waals surface area contributed by atoms with E-state index in [0.717, 1.165) is 16.7 Å². The third kappa shape index (κ3) is 4.38. The first-order chi connectivity index (χ1) is 15.0. The number of imidazole rings is 1. The van der Waals surface area contributed by atoms with E-state index in [1.165, 1.54) is 18.3 Å². The second kappa shape index (κ2) is 8.27. The Kier molecular flexibility index (Phi) is 5.78. The van der Waals surface area contributed by atoms with E-state index in [1.54, 1.807) is 0 Å². The summed E-state index contributed by atoms with van der Waals surface area (Å²) in [6, 6.07) is 3.77. The van der Waals surface area contributed by atoms with E-state index in [4.69, 9.17) is 44.4 Å². The molecule has 13 heteroatoms. The van der Waals surface area contributed by atoms with Gasteiger partial charge in [0.1, 0.15) is 5.69 Å². The van der Waals surface area contributed by atoms with E-state index in [9.17, 15) is 18.0 Å². The Bertz CT molecular complexity index is 1350. The average Bonchev–Trinajstić information content (AvgIpc) is 3.34. The molecule has 0 unspecified atom stereocenters. The molecule has 4 rings (SSSR count). The molecule has 0 aliphatic heterocycles. The summed E-state index contributed by atoms with van der Waals surface area (Å²) >= 11 is 18.5. The minimum absolute atomic E-state index is 0.0656. The molecule has 0 radical (unpaired) electrons. The van der Waals surface area contributed by atoms with Crippen molar-refractivity contribution in [2.75, 3.05) is 0 Å². The van der Waals surface area contributed by atoms with Gasteiger partial charge in [-0.25, -0.2) is 4.98 Å². The van der Waals surface area contributed by atoms with Crippen LogP contribution in [0, 0.1) is 0 Å². The van der Waals surface area contributed by atoms with Gasteiger partial charge in [0.25, 0.3) is 5.89 Å². The zero-order valence-electron chi connectivity index (χ0n) is 15.6. The van der Waals surface area contributed by atoms with Crippen LogP contribution in [0.15, 0.2) is 35.1 Å². The predicted octanol–water partition coefficient (Wildman–Crippen LogP) is 6.05. The van der Waals surface area contributed by atoms with Crippen LogP contribution in [0.25, 0.3) is 28.6 Å². The molecular formula is C19H10Cl3F3N4O3. The number of pyridine rings is 1. The highest BCUT2D eigenvalue weighted by Gasteiger charge is 2.32. The van der Waals surface area contributed by atoms with Crippen molar-refractivity contribution in [3.05, 3.63) is 56.8 Å². The molecule has 0 fully saturated rings. The summed E-state index contributed by atoms with van der Waals surface area (Å²) in [5, 5.41) is 13.0. The topological polar surface area (TPSA) is 93.5 Å². The maximum atomic E-state index is 13.0. The van der Waals surface area contributed by atoms with Crippen molar-refractivity contribution in [1.82, 2.24) is 19.5 Å². The summed E-state index contributed by atoms with van der Waals surface area (Å²) in [7, 11) is 0. The summed E-state index contributed by atoms with van der Waals surface area (Å²) < 4.78 is 45.4. The molecule has 0 bridgehead atoms. The summed E-state index contributed by atoms with van der Waals surface area (Å²) in [5.41, 5.74) is 0.118. The summed E-state index contributed by atoms with van der Waals surface area (Å²) in [4.78, 5) is 19.1. The van der Waals surface area contributed by atoms with E-state index in [-0.39, 0.29) is 51.0 Å². The lowest BCUT2D eigenvalue weighted by Crippen LogP contribution is -2.06. The largest absolute Gasteiger partial charge is 0.481 e. The van der Waals surface area contributed by atoms with Crippen molar-refractivity contribution >= 4 is 46.4 Å². The van der Waals surface area contributed by atoms with Gasteiger partial charge in [-0.3, -0.25) is 4.79 Å². The Hall–Kier alpha value is -2.82. The van der Waals surface area contributed by atoms with Crippen LogP contribution in [-0.4, -0.2) is 30.6 Å². The number of aryl methyl sites for hydroxylation is 1. The number of halogens is 6. The van der Waals surface area contributed by atoms with E-state index in [0.29, 0.717) is 11.1 Å². The van der Waals surface area contributed by atoms with Crippen molar-refractivity contribution in [3.8, 4) is 23.0 Å². The molecule has 3 aromatic heterocycles. The summed E-state index contributed by atoms with van der Waals surface area (Å²) in [6.07, 6.45) is -2.38. The maximum Gasteiger partial charge on any atom is 0.417 e. The number of aliphatic carboxylic acids is 1. The van der Waals surface area contributed by atoms with Crippen LogP contribution in [0.5, 0.6) is 0 Å². The van der Waals surface area contributed by atoms with Crippen molar-refractivity contribution in [3.63, 3.8) is 0 Å². The predicted molar refractivity (Wildman–Crippen MR) is 110 cm³/mol. The SMILES string of the molecule is O=C(O)CCc1cc(Cl)c(-c2noc(-c3cn4cc(C(F)(F)F)cc(Cl)c4n3)n2)cc1Cl. The fraction of sp³-hybridized carbons (Fsp3) is 0.158. The van der Waals surface area contributed by atoms with Crippen molar-refractivity contribution in [2.24, 2.45) is 0 Å². The van der Waals surface area contributed by atoms with Crippen LogP contribution in [0.2, 0.25) is 15.1 Å². The van der Waals surface area contributed by atoms with Gasteiger partial charge in [0.05, 0.1) is 15.6 Å². The van der Waals surface area contributed by atoms with Crippen molar-refractivity contribution < 1.29 is 27.6 Å². The average molecular weight is 506 g/mol. The number of hydrogen-bond donors (Lipinski definition) is 1. The lowest BCUT2D eigenvalue weighted by Gasteiger charge is -2.07. The first-order valence-corrected chi connectivity index (χ1v) is 9.96. The molecule has 32 heavy (non-hydrogen) atoms. The zero-order chi connectivity index (χ0) is 23.2. The normalized spacial score (nSPS) is 11.9.